The second-order valence-electron chi connectivity index (χ2n) is 10.1. The number of hydrogen-bond acceptors (Lipinski definition) is 10. The van der Waals surface area contributed by atoms with E-state index in [4.69, 9.17) is 5.73 Å². The standard InChI is InChI=1S/C31H30N8O3S2/c1-5-26(29(40)37-22-10-12-23(13-11-22)44(41,42)39-31-35-15-14-19(4)36-31)43-30-25(17-33)27(24(16-32)28(34)38-30)21-8-6-20(7-9-21)18(2)3/h6-15,18,26H,5H2,1-4H3,(H2,34,38)(H,37,40)(H,35,36,39). The van der Waals surface area contributed by atoms with E-state index < -0.39 is 15.3 Å². The number of nitrogens with two attached hydrogens (primary N) is 1. The third-order valence-corrected chi connectivity index (χ3v) is 9.35. The van der Waals surface area contributed by atoms with E-state index in [0.717, 1.165) is 17.3 Å². The number of sulfonamides is 1. The zero-order valence-corrected chi connectivity index (χ0v) is 26.1. The Morgan fingerprint density at radius 1 is 1.00 bits per heavy atom. The maximum atomic E-state index is 13.3. The number of nitrogens with one attached hydrogen (secondary N) is 2. The molecule has 44 heavy (non-hydrogen) atoms. The molecule has 0 saturated heterocycles. The van der Waals surface area contributed by atoms with Gasteiger partial charge in [0.25, 0.3) is 10.0 Å². The van der Waals surface area contributed by atoms with Crippen LogP contribution >= 0.6 is 11.8 Å². The van der Waals surface area contributed by atoms with Crippen molar-refractivity contribution in [2.45, 2.75) is 55.2 Å². The largest absolute Gasteiger partial charge is 0.383 e. The minimum atomic E-state index is -3.95. The number of aromatic nitrogens is 3. The number of rotatable bonds is 10. The highest BCUT2D eigenvalue weighted by atomic mass is 32.2. The second kappa shape index (κ2) is 13.5. The number of nitrogen functional groups attached to an aromatic ring is 1. The van der Waals surface area contributed by atoms with Crippen LogP contribution in [0.5, 0.6) is 0 Å². The third kappa shape index (κ3) is 7.14. The smallest absolute Gasteiger partial charge is 0.264 e. The first kappa shape index (κ1) is 31.9. The molecule has 2 aromatic carbocycles. The molecule has 0 saturated carbocycles. The highest BCUT2D eigenvalue weighted by molar-refractivity contribution is 8.00. The van der Waals surface area contributed by atoms with E-state index in [2.05, 4.69) is 51.0 Å². The van der Waals surface area contributed by atoms with Crippen LogP contribution in [0.25, 0.3) is 11.1 Å². The fourth-order valence-electron chi connectivity index (χ4n) is 4.28. The highest BCUT2D eigenvalue weighted by Crippen LogP contribution is 2.38. The fraction of sp³-hybridized carbons (Fsp3) is 0.226. The summed E-state index contributed by atoms with van der Waals surface area (Å²) in [7, 11) is -3.95. The van der Waals surface area contributed by atoms with Crippen LogP contribution in [0.1, 0.15) is 55.5 Å². The summed E-state index contributed by atoms with van der Waals surface area (Å²) in [4.78, 5) is 25.6. The molecular weight excluding hydrogens is 597 g/mol. The molecule has 2 heterocycles. The first-order valence-electron chi connectivity index (χ1n) is 13.6. The van der Waals surface area contributed by atoms with Gasteiger partial charge in [0.2, 0.25) is 11.9 Å². The van der Waals surface area contributed by atoms with Crippen LogP contribution in [-0.2, 0) is 14.8 Å². The van der Waals surface area contributed by atoms with E-state index in [1.807, 2.05) is 31.2 Å². The number of benzene rings is 2. The fourth-order valence-corrected chi connectivity index (χ4v) is 6.25. The predicted octanol–water partition coefficient (Wildman–Crippen LogP) is 5.61. The van der Waals surface area contributed by atoms with Gasteiger partial charge in [-0.15, -0.1) is 0 Å². The molecule has 0 spiro atoms. The van der Waals surface area contributed by atoms with Crippen LogP contribution < -0.4 is 15.8 Å². The third-order valence-electron chi connectivity index (χ3n) is 6.65. The van der Waals surface area contributed by atoms with Gasteiger partial charge in [-0.3, -0.25) is 4.79 Å². The minimum absolute atomic E-state index is 0.0336. The molecule has 0 aliphatic heterocycles. The molecule has 0 fully saturated rings. The number of nitrogens with zero attached hydrogens (tertiary/aromatic N) is 5. The van der Waals surface area contributed by atoms with E-state index in [1.54, 1.807) is 13.0 Å². The molecule has 11 nitrogen and oxygen atoms in total. The lowest BCUT2D eigenvalue weighted by Gasteiger charge is -2.18. The summed E-state index contributed by atoms with van der Waals surface area (Å²) in [6, 6.07) is 19.1. The minimum Gasteiger partial charge on any atom is -0.383 e. The molecule has 0 aliphatic rings. The molecule has 1 atom stereocenters. The molecule has 4 aromatic rings. The van der Waals surface area contributed by atoms with Gasteiger partial charge in [0.05, 0.1) is 15.7 Å². The Bertz CT molecular complexity index is 1880. The first-order chi connectivity index (χ1) is 21.0. The van der Waals surface area contributed by atoms with E-state index in [0.29, 0.717) is 34.8 Å². The lowest BCUT2D eigenvalue weighted by Crippen LogP contribution is -2.25. The van der Waals surface area contributed by atoms with Crippen LogP contribution in [0.3, 0.4) is 0 Å². The lowest BCUT2D eigenvalue weighted by atomic mass is 9.94. The second-order valence-corrected chi connectivity index (χ2v) is 13.0. The number of aryl methyl sites for hydroxylation is 1. The van der Waals surface area contributed by atoms with E-state index in [1.165, 1.54) is 30.5 Å². The summed E-state index contributed by atoms with van der Waals surface area (Å²) in [6.07, 6.45) is 1.83. The van der Waals surface area contributed by atoms with Crippen LogP contribution in [-0.4, -0.2) is 34.5 Å². The Kier molecular flexibility index (Phi) is 9.83. The van der Waals surface area contributed by atoms with Crippen molar-refractivity contribution in [3.05, 3.63) is 83.2 Å². The molecule has 0 bridgehead atoms. The Morgan fingerprint density at radius 2 is 1.66 bits per heavy atom. The van der Waals surface area contributed by atoms with Crippen molar-refractivity contribution in [2.24, 2.45) is 0 Å². The zero-order valence-electron chi connectivity index (χ0n) is 24.5. The molecular formula is C31H30N8O3S2. The van der Waals surface area contributed by atoms with Gasteiger partial charge in [-0.1, -0.05) is 56.8 Å². The van der Waals surface area contributed by atoms with Crippen molar-refractivity contribution in [3.63, 3.8) is 0 Å². The number of hydrogen-bond donors (Lipinski definition) is 3. The summed E-state index contributed by atoms with van der Waals surface area (Å²) in [5, 5.41) is 22.4. The summed E-state index contributed by atoms with van der Waals surface area (Å²) in [5.74, 6) is -0.155. The Labute approximate surface area is 260 Å². The van der Waals surface area contributed by atoms with E-state index >= 15 is 0 Å². The first-order valence-corrected chi connectivity index (χ1v) is 16.0. The monoisotopic (exact) mass is 626 g/mol. The van der Waals surface area contributed by atoms with Crippen molar-refractivity contribution < 1.29 is 13.2 Å². The number of carbonyl (C=O) groups is 1. The van der Waals surface area contributed by atoms with Gasteiger partial charge in [0, 0.05) is 23.1 Å². The topological polar surface area (TPSA) is 188 Å². The summed E-state index contributed by atoms with van der Waals surface area (Å²) < 4.78 is 27.9. The molecule has 1 amide bonds. The normalized spacial score (nSPS) is 11.8. The summed E-state index contributed by atoms with van der Waals surface area (Å²) in [6.45, 7) is 7.68. The van der Waals surface area contributed by atoms with Gasteiger partial charge in [0.15, 0.2) is 0 Å². The van der Waals surface area contributed by atoms with Crippen molar-refractivity contribution in [3.8, 4) is 23.3 Å². The van der Waals surface area contributed by atoms with Gasteiger partial charge < -0.3 is 11.1 Å². The van der Waals surface area contributed by atoms with Gasteiger partial charge in [-0.25, -0.2) is 28.1 Å². The van der Waals surface area contributed by atoms with Crippen LogP contribution in [0.4, 0.5) is 17.5 Å². The molecule has 0 aliphatic carbocycles. The van der Waals surface area contributed by atoms with E-state index in [-0.39, 0.29) is 38.7 Å². The maximum Gasteiger partial charge on any atom is 0.264 e. The van der Waals surface area contributed by atoms with Crippen molar-refractivity contribution in [1.29, 1.82) is 10.5 Å². The van der Waals surface area contributed by atoms with Gasteiger partial charge in [-0.2, -0.15) is 10.5 Å². The molecule has 224 valence electrons. The number of amides is 1. The quantitative estimate of drug-likeness (QED) is 0.187. The number of nitriles is 2. The highest BCUT2D eigenvalue weighted by Gasteiger charge is 2.26. The SMILES string of the molecule is CCC(Sc1nc(N)c(C#N)c(-c2ccc(C(C)C)cc2)c1C#N)C(=O)Nc1ccc(S(=O)(=O)Nc2nccc(C)n2)cc1. The molecule has 0 radical (unpaired) electrons. The number of thioether (sulfide) groups is 1. The Hall–Kier alpha value is -4.98. The lowest BCUT2D eigenvalue weighted by molar-refractivity contribution is -0.115. The van der Waals surface area contributed by atoms with Crippen LogP contribution in [0.15, 0.2) is 70.7 Å². The summed E-state index contributed by atoms with van der Waals surface area (Å²) >= 11 is 1.07. The average molecular weight is 627 g/mol. The number of carbonyl (C=O) groups excluding carboxylic acids is 1. The number of anilines is 3. The Morgan fingerprint density at radius 3 is 2.23 bits per heavy atom. The summed E-state index contributed by atoms with van der Waals surface area (Å²) in [5.41, 5.74) is 9.53. The molecule has 1 unspecified atom stereocenters. The van der Waals surface area contributed by atoms with Crippen LogP contribution in [0.2, 0.25) is 0 Å². The molecule has 2 aromatic heterocycles. The van der Waals surface area contributed by atoms with Crippen molar-refractivity contribution in [2.75, 3.05) is 15.8 Å². The molecule has 4 N–H and O–H groups in total. The average Bonchev–Trinajstić information content (AvgIpc) is 2.99. The van der Waals surface area contributed by atoms with E-state index in [9.17, 15) is 23.7 Å². The van der Waals surface area contributed by atoms with Crippen molar-refractivity contribution >= 4 is 45.1 Å². The zero-order chi connectivity index (χ0) is 32.0. The van der Waals surface area contributed by atoms with Gasteiger partial charge in [0.1, 0.15) is 28.5 Å². The molecule has 13 heteroatoms. The Balaban J connectivity index is 1.56. The number of pyridine rings is 1. The van der Waals surface area contributed by atoms with Crippen LogP contribution in [0, 0.1) is 29.6 Å². The van der Waals surface area contributed by atoms with Gasteiger partial charge >= 0.3 is 0 Å². The maximum absolute atomic E-state index is 13.3. The van der Waals surface area contributed by atoms with Crippen molar-refractivity contribution in [1.82, 2.24) is 15.0 Å². The predicted molar refractivity (Wildman–Crippen MR) is 170 cm³/mol. The van der Waals surface area contributed by atoms with Gasteiger partial charge in [-0.05, 0) is 60.7 Å². The molecule has 4 rings (SSSR count).